The maximum Gasteiger partial charge on any atom is 0.251 e. The lowest BCUT2D eigenvalue weighted by atomic mass is 10.0. The standard InChI is InChI=1S/C26H33N3O6/c1-33-21-13-19-14-22(15-21)35-20-5-2-4-18(12-20)17-34-24-7-9-29(10-11-30)16-23(24)28-25(31)6-3-8-27-26(19)32/h2,4-5,12-15,23-24,30H,3,6-11,16-17H2,1H3,(H,27,32)(H,28,31)/t23-,24-/m0/s1. The molecule has 0 aliphatic carbocycles. The zero-order valence-electron chi connectivity index (χ0n) is 20.0. The molecule has 0 spiro atoms. The van der Waals surface area contributed by atoms with E-state index in [4.69, 9.17) is 14.2 Å². The number of β-amino-alcohol motifs (C(OH)–C–C–N with tert-alkyl or cyclic N) is 1. The summed E-state index contributed by atoms with van der Waals surface area (Å²) in [6, 6.07) is 12.5. The molecule has 3 N–H and O–H groups in total. The molecule has 2 atom stereocenters. The Hall–Kier alpha value is -3.14. The van der Waals surface area contributed by atoms with Crippen molar-refractivity contribution in [2.75, 3.05) is 39.9 Å². The first-order chi connectivity index (χ1) is 17.0. The highest BCUT2D eigenvalue weighted by molar-refractivity contribution is 5.95. The molecule has 9 heteroatoms. The Kier molecular flexibility index (Phi) is 8.57. The number of carbonyl (C=O) groups is 2. The fraction of sp³-hybridized carbons (Fsp3) is 0.462. The Balaban J connectivity index is 1.57. The maximum atomic E-state index is 12.7. The van der Waals surface area contributed by atoms with Gasteiger partial charge in [-0.15, -0.1) is 0 Å². The minimum Gasteiger partial charge on any atom is -0.497 e. The van der Waals surface area contributed by atoms with E-state index < -0.39 is 0 Å². The molecule has 1 saturated heterocycles. The number of hydrogen-bond acceptors (Lipinski definition) is 7. The summed E-state index contributed by atoms with van der Waals surface area (Å²) in [5, 5.41) is 15.3. The average molecular weight is 484 g/mol. The molecule has 9 nitrogen and oxygen atoms in total. The summed E-state index contributed by atoms with van der Waals surface area (Å²) in [4.78, 5) is 27.5. The summed E-state index contributed by atoms with van der Waals surface area (Å²) in [7, 11) is 1.54. The average Bonchev–Trinajstić information content (AvgIpc) is 2.85. The zero-order valence-corrected chi connectivity index (χ0v) is 20.0. The predicted octanol–water partition coefficient (Wildman–Crippen LogP) is 2.08. The second kappa shape index (κ2) is 12.0. The van der Waals surface area contributed by atoms with Gasteiger partial charge in [0.15, 0.2) is 0 Å². The molecule has 2 aliphatic rings. The Bertz CT molecular complexity index is 1030. The molecule has 2 aromatic rings. The summed E-state index contributed by atoms with van der Waals surface area (Å²) in [6.45, 7) is 2.79. The van der Waals surface area contributed by atoms with E-state index in [0.29, 0.717) is 55.5 Å². The van der Waals surface area contributed by atoms with Gasteiger partial charge in [-0.3, -0.25) is 14.5 Å². The van der Waals surface area contributed by atoms with Crippen LogP contribution in [-0.4, -0.2) is 73.9 Å². The van der Waals surface area contributed by atoms with Gasteiger partial charge in [-0.2, -0.15) is 0 Å². The lowest BCUT2D eigenvalue weighted by Gasteiger charge is -2.38. The summed E-state index contributed by atoms with van der Waals surface area (Å²) >= 11 is 0. The fourth-order valence-corrected chi connectivity index (χ4v) is 4.43. The van der Waals surface area contributed by atoms with Gasteiger partial charge in [0.1, 0.15) is 17.2 Å². The first-order valence-electron chi connectivity index (χ1n) is 12.0. The number of ether oxygens (including phenoxy) is 3. The topological polar surface area (TPSA) is 109 Å². The van der Waals surface area contributed by atoms with Crippen molar-refractivity contribution in [3.8, 4) is 17.2 Å². The van der Waals surface area contributed by atoms with Crippen LogP contribution in [0.5, 0.6) is 17.2 Å². The Labute approximate surface area is 205 Å². The van der Waals surface area contributed by atoms with Crippen molar-refractivity contribution in [3.05, 3.63) is 53.6 Å². The molecule has 0 aromatic heterocycles. The van der Waals surface area contributed by atoms with E-state index in [1.54, 1.807) is 18.2 Å². The summed E-state index contributed by atoms with van der Waals surface area (Å²) in [5.74, 6) is 1.28. The molecule has 4 bridgehead atoms. The van der Waals surface area contributed by atoms with Gasteiger partial charge in [0.05, 0.1) is 32.5 Å². The van der Waals surface area contributed by atoms with Crippen molar-refractivity contribution in [2.24, 2.45) is 0 Å². The molecule has 2 heterocycles. The van der Waals surface area contributed by atoms with Gasteiger partial charge in [0, 0.05) is 44.2 Å². The van der Waals surface area contributed by atoms with Crippen molar-refractivity contribution in [1.29, 1.82) is 0 Å². The van der Waals surface area contributed by atoms with Crippen molar-refractivity contribution in [3.63, 3.8) is 0 Å². The SMILES string of the molecule is COc1cc2cc(c1)C(=O)NCCCC(=O)N[C@H]1CN(CCO)CC[C@@H]1OCc1cccc(c1)O2. The summed E-state index contributed by atoms with van der Waals surface area (Å²) in [5.41, 5.74) is 1.35. The van der Waals surface area contributed by atoms with Gasteiger partial charge >= 0.3 is 0 Å². The third-order valence-electron chi connectivity index (χ3n) is 6.24. The van der Waals surface area contributed by atoms with E-state index in [1.165, 1.54) is 7.11 Å². The zero-order chi connectivity index (χ0) is 24.6. The normalized spacial score (nSPS) is 22.0. The van der Waals surface area contributed by atoms with Gasteiger partial charge in [0.2, 0.25) is 5.91 Å². The van der Waals surface area contributed by atoms with E-state index in [1.807, 2.05) is 24.3 Å². The smallest absolute Gasteiger partial charge is 0.251 e. The first kappa shape index (κ1) is 25.0. The summed E-state index contributed by atoms with van der Waals surface area (Å²) in [6.07, 6.45) is 1.41. The molecule has 35 heavy (non-hydrogen) atoms. The van der Waals surface area contributed by atoms with Crippen LogP contribution < -0.4 is 20.1 Å². The van der Waals surface area contributed by atoms with E-state index in [0.717, 1.165) is 18.5 Å². The molecular formula is C26H33N3O6. The van der Waals surface area contributed by atoms with Crippen LogP contribution in [0, 0.1) is 0 Å². The Morgan fingerprint density at radius 1 is 1.17 bits per heavy atom. The Morgan fingerprint density at radius 2 is 2.06 bits per heavy atom. The van der Waals surface area contributed by atoms with Crippen LogP contribution >= 0.6 is 0 Å². The van der Waals surface area contributed by atoms with E-state index in [9.17, 15) is 14.7 Å². The monoisotopic (exact) mass is 483 g/mol. The largest absolute Gasteiger partial charge is 0.497 e. The molecule has 2 aliphatic heterocycles. The minimum absolute atomic E-state index is 0.0760. The molecule has 1 fully saturated rings. The van der Waals surface area contributed by atoms with Crippen LogP contribution in [-0.2, 0) is 16.1 Å². The third-order valence-corrected chi connectivity index (χ3v) is 6.24. The quantitative estimate of drug-likeness (QED) is 0.613. The minimum atomic E-state index is -0.260. The highest BCUT2D eigenvalue weighted by Gasteiger charge is 2.31. The van der Waals surface area contributed by atoms with E-state index in [2.05, 4.69) is 15.5 Å². The number of amides is 2. The number of fused-ring (bicyclic) bond motifs is 5. The van der Waals surface area contributed by atoms with Gasteiger partial charge in [-0.1, -0.05) is 12.1 Å². The number of aliphatic hydroxyl groups is 1. The van der Waals surface area contributed by atoms with Gasteiger partial charge in [-0.25, -0.2) is 0 Å². The lowest BCUT2D eigenvalue weighted by Crippen LogP contribution is -2.56. The highest BCUT2D eigenvalue weighted by atomic mass is 16.5. The van der Waals surface area contributed by atoms with Crippen LogP contribution in [0.4, 0.5) is 0 Å². The van der Waals surface area contributed by atoms with Crippen LogP contribution in [0.3, 0.4) is 0 Å². The molecule has 2 amide bonds. The number of rotatable bonds is 3. The maximum absolute atomic E-state index is 12.7. The number of benzene rings is 2. The predicted molar refractivity (Wildman–Crippen MR) is 130 cm³/mol. The van der Waals surface area contributed by atoms with Crippen molar-refractivity contribution < 1.29 is 28.9 Å². The second-order valence-electron chi connectivity index (χ2n) is 8.84. The number of carbonyl (C=O) groups excluding carboxylic acids is 2. The molecule has 0 unspecified atom stereocenters. The third kappa shape index (κ3) is 6.94. The fourth-order valence-electron chi connectivity index (χ4n) is 4.43. The van der Waals surface area contributed by atoms with Crippen LogP contribution in [0.25, 0.3) is 0 Å². The molecule has 2 aromatic carbocycles. The van der Waals surface area contributed by atoms with E-state index in [-0.39, 0.29) is 37.0 Å². The molecular weight excluding hydrogens is 450 g/mol. The van der Waals surface area contributed by atoms with Gasteiger partial charge < -0.3 is 30.0 Å². The number of hydrogen-bond donors (Lipinski definition) is 3. The summed E-state index contributed by atoms with van der Waals surface area (Å²) < 4.78 is 17.7. The lowest BCUT2D eigenvalue weighted by molar-refractivity contribution is -0.124. The number of aliphatic hydroxyl groups excluding tert-OH is 1. The number of piperidine rings is 1. The number of nitrogens with one attached hydrogen (secondary N) is 2. The van der Waals surface area contributed by atoms with Crippen molar-refractivity contribution in [2.45, 2.75) is 38.0 Å². The van der Waals surface area contributed by atoms with E-state index >= 15 is 0 Å². The highest BCUT2D eigenvalue weighted by Crippen LogP contribution is 2.28. The molecule has 4 rings (SSSR count). The van der Waals surface area contributed by atoms with Gasteiger partial charge in [0.25, 0.3) is 5.91 Å². The van der Waals surface area contributed by atoms with Gasteiger partial charge in [-0.05, 0) is 42.7 Å². The van der Waals surface area contributed by atoms with Crippen LogP contribution in [0.1, 0.15) is 35.2 Å². The Morgan fingerprint density at radius 3 is 2.89 bits per heavy atom. The molecule has 0 radical (unpaired) electrons. The number of likely N-dealkylation sites (tertiary alicyclic amines) is 1. The first-order valence-corrected chi connectivity index (χ1v) is 12.0. The molecule has 0 saturated carbocycles. The van der Waals surface area contributed by atoms with Crippen LogP contribution in [0.2, 0.25) is 0 Å². The van der Waals surface area contributed by atoms with Crippen molar-refractivity contribution in [1.82, 2.24) is 15.5 Å². The number of nitrogens with zero attached hydrogens (tertiary/aromatic N) is 1. The van der Waals surface area contributed by atoms with Crippen LogP contribution in [0.15, 0.2) is 42.5 Å². The molecule has 188 valence electrons. The second-order valence-corrected chi connectivity index (χ2v) is 8.84. The van der Waals surface area contributed by atoms with Crippen molar-refractivity contribution >= 4 is 11.8 Å². The number of methoxy groups -OCH3 is 1.